The molecule has 0 aliphatic rings. The zero-order chi connectivity index (χ0) is 17.2. The number of aliphatic hydroxyl groups is 1. The molecule has 4 aromatic rings. The van der Waals surface area contributed by atoms with Gasteiger partial charge in [-0.2, -0.15) is 0 Å². The van der Waals surface area contributed by atoms with E-state index in [-0.39, 0.29) is 0 Å². The van der Waals surface area contributed by atoms with Crippen molar-refractivity contribution in [1.29, 1.82) is 0 Å². The summed E-state index contributed by atoms with van der Waals surface area (Å²) < 4.78 is 2.12. The van der Waals surface area contributed by atoms with Gasteiger partial charge in [-0.05, 0) is 24.6 Å². The first-order valence-corrected chi connectivity index (χ1v) is 8.40. The van der Waals surface area contributed by atoms with Crippen LogP contribution in [0, 0.1) is 0 Å². The van der Waals surface area contributed by atoms with Crippen molar-refractivity contribution >= 4 is 11.0 Å². The van der Waals surface area contributed by atoms with E-state index in [2.05, 4.69) is 43.8 Å². The van der Waals surface area contributed by atoms with E-state index < -0.39 is 6.10 Å². The molecule has 0 amide bonds. The van der Waals surface area contributed by atoms with Crippen LogP contribution in [0.15, 0.2) is 61.2 Å². The molecule has 5 nitrogen and oxygen atoms in total. The minimum absolute atomic E-state index is 0.423. The second-order valence-electron chi connectivity index (χ2n) is 6.34. The van der Waals surface area contributed by atoms with Crippen molar-refractivity contribution in [2.24, 2.45) is 0 Å². The van der Waals surface area contributed by atoms with Gasteiger partial charge >= 0.3 is 0 Å². The van der Waals surface area contributed by atoms with Crippen LogP contribution in [0.4, 0.5) is 0 Å². The molecule has 0 spiro atoms. The molecule has 2 aromatic heterocycles. The van der Waals surface area contributed by atoms with Crippen molar-refractivity contribution in [3.8, 4) is 11.3 Å². The lowest BCUT2D eigenvalue weighted by atomic mass is 10.1. The summed E-state index contributed by atoms with van der Waals surface area (Å²) in [5.74, 6) is 0. The summed E-state index contributed by atoms with van der Waals surface area (Å²) >= 11 is 0. The number of rotatable bonds is 5. The van der Waals surface area contributed by atoms with Gasteiger partial charge in [0.25, 0.3) is 0 Å². The second-order valence-corrected chi connectivity index (χ2v) is 6.34. The highest BCUT2D eigenvalue weighted by Gasteiger charge is 2.15. The molecule has 0 fully saturated rings. The van der Waals surface area contributed by atoms with Gasteiger partial charge in [0.2, 0.25) is 0 Å². The average molecular weight is 332 g/mol. The zero-order valence-corrected chi connectivity index (χ0v) is 14.1. The Labute approximate surface area is 146 Å². The molecule has 0 bridgehead atoms. The lowest BCUT2D eigenvalue weighted by Gasteiger charge is -2.12. The quantitative estimate of drug-likeness (QED) is 0.589. The van der Waals surface area contributed by atoms with Crippen molar-refractivity contribution in [3.63, 3.8) is 0 Å². The molecule has 126 valence electrons. The molecule has 5 heteroatoms. The van der Waals surface area contributed by atoms with E-state index in [1.807, 2.05) is 37.5 Å². The number of nitrogens with zero attached hydrogens (tertiary/aromatic N) is 3. The highest BCUT2D eigenvalue weighted by Crippen LogP contribution is 2.24. The predicted molar refractivity (Wildman–Crippen MR) is 98.2 cm³/mol. The zero-order valence-electron chi connectivity index (χ0n) is 14.1. The molecule has 2 aromatic carbocycles. The molecular formula is C20H20N4O. The number of aromatic nitrogens is 4. The van der Waals surface area contributed by atoms with Crippen LogP contribution in [-0.2, 0) is 13.0 Å². The van der Waals surface area contributed by atoms with Crippen LogP contribution in [0.5, 0.6) is 0 Å². The molecule has 25 heavy (non-hydrogen) atoms. The molecule has 0 saturated carbocycles. The van der Waals surface area contributed by atoms with Gasteiger partial charge in [0.05, 0.1) is 35.5 Å². The Hall–Kier alpha value is -2.92. The maximum absolute atomic E-state index is 9.95. The average Bonchev–Trinajstić information content (AvgIpc) is 3.22. The Morgan fingerprint density at radius 3 is 2.76 bits per heavy atom. The van der Waals surface area contributed by atoms with E-state index >= 15 is 0 Å². The Balaban J connectivity index is 1.72. The molecule has 0 aliphatic carbocycles. The van der Waals surface area contributed by atoms with E-state index in [0.29, 0.717) is 13.0 Å². The van der Waals surface area contributed by atoms with Crippen LogP contribution in [-0.4, -0.2) is 30.7 Å². The third kappa shape index (κ3) is 3.19. The fourth-order valence-corrected chi connectivity index (χ4v) is 3.15. The Kier molecular flexibility index (Phi) is 4.07. The van der Waals surface area contributed by atoms with Crippen LogP contribution in [0.3, 0.4) is 0 Å². The van der Waals surface area contributed by atoms with Crippen LogP contribution in [0.25, 0.3) is 22.3 Å². The smallest absolute Gasteiger partial charge is 0.0959 e. The lowest BCUT2D eigenvalue weighted by Crippen LogP contribution is -2.11. The number of hydrogen-bond donors (Lipinski definition) is 2. The third-order valence-corrected chi connectivity index (χ3v) is 4.32. The minimum atomic E-state index is -0.423. The van der Waals surface area contributed by atoms with E-state index in [1.165, 1.54) is 5.56 Å². The largest absolute Gasteiger partial charge is 0.393 e. The summed E-state index contributed by atoms with van der Waals surface area (Å²) in [5.41, 5.74) is 6.21. The summed E-state index contributed by atoms with van der Waals surface area (Å²) in [6.45, 7) is 2.51. The standard InChI is InChI=1S/C20H20N4O/c1-14(25)9-19-20(16-5-3-2-4-6-16)23-13-24(19)11-15-7-8-17-18(10-15)22-12-21-17/h2-8,10,12-14,25H,9,11H2,1H3,(H,21,22). The molecule has 2 N–H and O–H groups in total. The molecule has 1 unspecified atom stereocenters. The Morgan fingerprint density at radius 1 is 1.12 bits per heavy atom. The van der Waals surface area contributed by atoms with Crippen molar-refractivity contribution in [2.45, 2.75) is 26.0 Å². The lowest BCUT2D eigenvalue weighted by molar-refractivity contribution is 0.193. The fraction of sp³-hybridized carbons (Fsp3) is 0.200. The molecule has 0 radical (unpaired) electrons. The van der Waals surface area contributed by atoms with Gasteiger partial charge in [-0.25, -0.2) is 9.97 Å². The first-order valence-electron chi connectivity index (χ1n) is 8.40. The molecule has 0 saturated heterocycles. The highest BCUT2D eigenvalue weighted by atomic mass is 16.3. The number of fused-ring (bicyclic) bond motifs is 1. The van der Waals surface area contributed by atoms with Crippen molar-refractivity contribution < 1.29 is 5.11 Å². The van der Waals surface area contributed by atoms with E-state index in [4.69, 9.17) is 0 Å². The van der Waals surface area contributed by atoms with Crippen molar-refractivity contribution in [1.82, 2.24) is 19.5 Å². The molecule has 1 atom stereocenters. The predicted octanol–water partition coefficient (Wildman–Crippen LogP) is 3.40. The van der Waals surface area contributed by atoms with Gasteiger partial charge in [-0.3, -0.25) is 0 Å². The van der Waals surface area contributed by atoms with Gasteiger partial charge in [0.1, 0.15) is 0 Å². The summed E-state index contributed by atoms with van der Waals surface area (Å²) in [5, 5.41) is 9.95. The maximum Gasteiger partial charge on any atom is 0.0959 e. The first kappa shape index (κ1) is 15.6. The van der Waals surface area contributed by atoms with Gasteiger partial charge in [0.15, 0.2) is 0 Å². The molecule has 0 aliphatic heterocycles. The van der Waals surface area contributed by atoms with E-state index in [1.54, 1.807) is 6.33 Å². The topological polar surface area (TPSA) is 66.7 Å². The number of aliphatic hydroxyl groups excluding tert-OH is 1. The Morgan fingerprint density at radius 2 is 1.96 bits per heavy atom. The highest BCUT2D eigenvalue weighted by molar-refractivity contribution is 5.75. The van der Waals surface area contributed by atoms with Gasteiger partial charge in [-0.15, -0.1) is 0 Å². The summed E-state index contributed by atoms with van der Waals surface area (Å²) in [7, 11) is 0. The maximum atomic E-state index is 9.95. The number of H-pyrrole nitrogens is 1. The number of aromatic amines is 1. The van der Waals surface area contributed by atoms with Crippen LogP contribution < -0.4 is 0 Å². The SMILES string of the molecule is CC(O)Cc1c(-c2ccccc2)ncn1Cc1ccc2nc[nH]c2c1. The second kappa shape index (κ2) is 6.53. The number of benzene rings is 2. The number of imidazole rings is 2. The van der Waals surface area contributed by atoms with Gasteiger partial charge < -0.3 is 14.7 Å². The van der Waals surface area contributed by atoms with Crippen LogP contribution >= 0.6 is 0 Å². The van der Waals surface area contributed by atoms with E-state index in [0.717, 1.165) is 28.0 Å². The summed E-state index contributed by atoms with van der Waals surface area (Å²) in [6, 6.07) is 16.3. The Bertz CT molecular complexity index is 985. The number of nitrogens with one attached hydrogen (secondary N) is 1. The first-order chi connectivity index (χ1) is 12.2. The summed E-state index contributed by atoms with van der Waals surface area (Å²) in [4.78, 5) is 12.0. The fourth-order valence-electron chi connectivity index (χ4n) is 3.15. The molecular weight excluding hydrogens is 312 g/mol. The monoisotopic (exact) mass is 332 g/mol. The third-order valence-electron chi connectivity index (χ3n) is 4.32. The molecule has 2 heterocycles. The normalized spacial score (nSPS) is 12.6. The van der Waals surface area contributed by atoms with Crippen LogP contribution in [0.2, 0.25) is 0 Å². The number of hydrogen-bond acceptors (Lipinski definition) is 3. The molecule has 4 rings (SSSR count). The van der Waals surface area contributed by atoms with Crippen molar-refractivity contribution in [2.75, 3.05) is 0 Å². The summed E-state index contributed by atoms with van der Waals surface area (Å²) in [6.07, 6.45) is 3.71. The van der Waals surface area contributed by atoms with Gasteiger partial charge in [0, 0.05) is 24.2 Å². The van der Waals surface area contributed by atoms with Crippen LogP contribution in [0.1, 0.15) is 18.2 Å². The van der Waals surface area contributed by atoms with Crippen molar-refractivity contribution in [3.05, 3.63) is 72.4 Å². The minimum Gasteiger partial charge on any atom is -0.393 e. The van der Waals surface area contributed by atoms with E-state index in [9.17, 15) is 5.11 Å². The van der Waals surface area contributed by atoms with Gasteiger partial charge in [-0.1, -0.05) is 36.4 Å².